The molecule has 0 aromatic carbocycles. The quantitative estimate of drug-likeness (QED) is 0.0336. The van der Waals surface area contributed by atoms with Crippen molar-refractivity contribution >= 4 is 17.9 Å². The first-order valence-electron chi connectivity index (χ1n) is 28.3. The van der Waals surface area contributed by atoms with E-state index in [1.807, 2.05) is 0 Å². The standard InChI is InChI=1S/C56H105NO8/c1-5-9-20-31-49(32-21-10-6-2)38-45-63-54(58)35-24-16-13-14-18-28-43-61-52-47-51(65-56(60)37-30-42-57-40-26-27-41-57)48-53(52)62-44-29-19-15-17-25-36-55(59)64-46-39-50(33-22-11-7-3)34-23-12-8-4/h49-53H,5-48H2,1-4H3. The molecule has 1 aliphatic carbocycles. The van der Waals surface area contributed by atoms with Crippen molar-refractivity contribution in [1.29, 1.82) is 0 Å². The van der Waals surface area contributed by atoms with Crippen molar-refractivity contribution in [3.05, 3.63) is 0 Å². The van der Waals surface area contributed by atoms with Gasteiger partial charge in [-0.3, -0.25) is 14.4 Å². The molecule has 3 atom stereocenters. The van der Waals surface area contributed by atoms with Crippen molar-refractivity contribution in [2.24, 2.45) is 11.8 Å². The van der Waals surface area contributed by atoms with Crippen LogP contribution in [0.3, 0.4) is 0 Å². The Morgan fingerprint density at radius 3 is 1.23 bits per heavy atom. The first-order chi connectivity index (χ1) is 31.9. The van der Waals surface area contributed by atoms with E-state index in [4.69, 9.17) is 23.7 Å². The molecule has 9 heteroatoms. The van der Waals surface area contributed by atoms with E-state index >= 15 is 0 Å². The van der Waals surface area contributed by atoms with Crippen LogP contribution in [0.2, 0.25) is 0 Å². The van der Waals surface area contributed by atoms with E-state index in [1.54, 1.807) is 0 Å². The van der Waals surface area contributed by atoms with Crippen LogP contribution in [0.5, 0.6) is 0 Å². The summed E-state index contributed by atoms with van der Waals surface area (Å²) in [6, 6.07) is 0. The lowest BCUT2D eigenvalue weighted by Gasteiger charge is -2.20. The first-order valence-corrected chi connectivity index (χ1v) is 28.3. The Hall–Kier alpha value is -1.71. The molecule has 1 saturated carbocycles. The summed E-state index contributed by atoms with van der Waals surface area (Å²) >= 11 is 0. The summed E-state index contributed by atoms with van der Waals surface area (Å²) in [7, 11) is 0. The molecule has 382 valence electrons. The Labute approximate surface area is 401 Å². The first kappa shape index (κ1) is 59.4. The zero-order valence-electron chi connectivity index (χ0n) is 43.2. The Morgan fingerprint density at radius 1 is 0.431 bits per heavy atom. The average Bonchev–Trinajstić information content (AvgIpc) is 3.96. The molecule has 0 radical (unpaired) electrons. The normalized spacial score (nSPS) is 17.7. The molecular weight excluding hydrogens is 815 g/mol. The molecule has 2 rings (SSSR count). The maximum atomic E-state index is 12.8. The van der Waals surface area contributed by atoms with Crippen LogP contribution in [-0.4, -0.2) is 87.2 Å². The molecule has 3 unspecified atom stereocenters. The van der Waals surface area contributed by atoms with E-state index in [0.29, 0.717) is 70.4 Å². The van der Waals surface area contributed by atoms with Crippen LogP contribution in [-0.2, 0) is 38.1 Å². The second kappa shape index (κ2) is 42.4. The average molecular weight is 920 g/mol. The van der Waals surface area contributed by atoms with Crippen molar-refractivity contribution < 1.29 is 38.1 Å². The van der Waals surface area contributed by atoms with E-state index < -0.39 is 0 Å². The number of rotatable bonds is 46. The lowest BCUT2D eigenvalue weighted by atomic mass is 9.92. The zero-order valence-corrected chi connectivity index (χ0v) is 43.2. The van der Waals surface area contributed by atoms with Gasteiger partial charge in [0, 0.05) is 45.3 Å². The van der Waals surface area contributed by atoms with E-state index in [9.17, 15) is 14.4 Å². The number of hydrogen-bond donors (Lipinski definition) is 0. The topological polar surface area (TPSA) is 101 Å². The zero-order chi connectivity index (χ0) is 46.8. The van der Waals surface area contributed by atoms with Gasteiger partial charge in [0.05, 0.1) is 25.4 Å². The van der Waals surface area contributed by atoms with Gasteiger partial charge >= 0.3 is 17.9 Å². The molecule has 1 heterocycles. The summed E-state index contributed by atoms with van der Waals surface area (Å²) < 4.78 is 30.1. The highest BCUT2D eigenvalue weighted by Gasteiger charge is 2.38. The van der Waals surface area contributed by atoms with Gasteiger partial charge in [-0.1, -0.05) is 175 Å². The van der Waals surface area contributed by atoms with E-state index in [0.717, 1.165) is 110 Å². The fraction of sp³-hybridized carbons (Fsp3) is 0.946. The van der Waals surface area contributed by atoms with Crippen molar-refractivity contribution in [2.45, 2.75) is 284 Å². The highest BCUT2D eigenvalue weighted by molar-refractivity contribution is 5.70. The number of esters is 3. The lowest BCUT2D eigenvalue weighted by molar-refractivity contribution is -0.149. The summed E-state index contributed by atoms with van der Waals surface area (Å²) in [6.45, 7) is 14.8. The van der Waals surface area contributed by atoms with Gasteiger partial charge in [-0.2, -0.15) is 0 Å². The van der Waals surface area contributed by atoms with Crippen LogP contribution in [0.4, 0.5) is 0 Å². The van der Waals surface area contributed by atoms with Gasteiger partial charge in [-0.25, -0.2) is 0 Å². The van der Waals surface area contributed by atoms with Gasteiger partial charge in [0.1, 0.15) is 6.10 Å². The van der Waals surface area contributed by atoms with Crippen molar-refractivity contribution in [3.8, 4) is 0 Å². The van der Waals surface area contributed by atoms with Crippen molar-refractivity contribution in [2.75, 3.05) is 46.1 Å². The number of hydrogen-bond acceptors (Lipinski definition) is 9. The molecular formula is C56H105NO8. The monoisotopic (exact) mass is 920 g/mol. The molecule has 0 amide bonds. The number of ether oxygens (including phenoxy) is 5. The van der Waals surface area contributed by atoms with Crippen LogP contribution < -0.4 is 0 Å². The Morgan fingerprint density at radius 2 is 0.815 bits per heavy atom. The summed E-state index contributed by atoms with van der Waals surface area (Å²) in [5.74, 6) is 1.22. The van der Waals surface area contributed by atoms with Crippen LogP contribution in [0, 0.1) is 11.8 Å². The molecule has 2 aliphatic rings. The maximum absolute atomic E-state index is 12.8. The Kier molecular flexibility index (Phi) is 38.8. The molecule has 1 aliphatic heterocycles. The molecule has 0 aromatic heterocycles. The SMILES string of the molecule is CCCCCC(CCCCC)CCOC(=O)CCCCCCCCOC1CC(OC(=O)CCCN2CCCC2)CC1OCCCCCCCC(=O)OCCC(CCCCC)CCCCC. The van der Waals surface area contributed by atoms with Gasteiger partial charge in [-0.15, -0.1) is 0 Å². The lowest BCUT2D eigenvalue weighted by Crippen LogP contribution is -2.27. The number of likely N-dealkylation sites (tertiary alicyclic amines) is 1. The van der Waals surface area contributed by atoms with E-state index in [-0.39, 0.29) is 36.2 Å². The molecule has 0 bridgehead atoms. The molecule has 0 aromatic rings. The van der Waals surface area contributed by atoms with Crippen LogP contribution in [0.15, 0.2) is 0 Å². The Balaban J connectivity index is 1.61. The van der Waals surface area contributed by atoms with Crippen LogP contribution >= 0.6 is 0 Å². The number of nitrogens with zero attached hydrogens (tertiary/aromatic N) is 1. The van der Waals surface area contributed by atoms with Gasteiger partial charge < -0.3 is 28.6 Å². The number of carbonyl (C=O) groups is 3. The molecule has 0 spiro atoms. The minimum Gasteiger partial charge on any atom is -0.466 e. The van der Waals surface area contributed by atoms with E-state index in [2.05, 4.69) is 32.6 Å². The third-order valence-electron chi connectivity index (χ3n) is 14.2. The van der Waals surface area contributed by atoms with Crippen molar-refractivity contribution in [1.82, 2.24) is 4.90 Å². The predicted molar refractivity (Wildman–Crippen MR) is 268 cm³/mol. The summed E-state index contributed by atoms with van der Waals surface area (Å²) in [6.07, 6.45) is 39.9. The second-order valence-corrected chi connectivity index (χ2v) is 20.2. The van der Waals surface area contributed by atoms with Crippen molar-refractivity contribution in [3.63, 3.8) is 0 Å². The minimum atomic E-state index is -0.151. The largest absolute Gasteiger partial charge is 0.466 e. The number of unbranched alkanes of at least 4 members (excludes halogenated alkanes) is 17. The fourth-order valence-electron chi connectivity index (χ4n) is 9.93. The fourth-order valence-corrected chi connectivity index (χ4v) is 9.93. The molecule has 2 fully saturated rings. The minimum absolute atomic E-state index is 0.0303. The summed E-state index contributed by atoms with van der Waals surface area (Å²) in [5, 5.41) is 0. The summed E-state index contributed by atoms with van der Waals surface area (Å²) in [4.78, 5) is 40.1. The smallest absolute Gasteiger partial charge is 0.306 e. The second-order valence-electron chi connectivity index (χ2n) is 20.2. The predicted octanol–water partition coefficient (Wildman–Crippen LogP) is 14.8. The summed E-state index contributed by atoms with van der Waals surface area (Å²) in [5.41, 5.74) is 0. The third kappa shape index (κ3) is 33.4. The highest BCUT2D eigenvalue weighted by Crippen LogP contribution is 2.30. The third-order valence-corrected chi connectivity index (χ3v) is 14.2. The van der Waals surface area contributed by atoms with E-state index in [1.165, 1.54) is 116 Å². The van der Waals surface area contributed by atoms with Gasteiger partial charge in [0.25, 0.3) is 0 Å². The van der Waals surface area contributed by atoms with Crippen LogP contribution in [0.1, 0.15) is 265 Å². The molecule has 9 nitrogen and oxygen atoms in total. The van der Waals surface area contributed by atoms with Gasteiger partial charge in [0.15, 0.2) is 0 Å². The number of carbonyl (C=O) groups excluding carboxylic acids is 3. The van der Waals surface area contributed by atoms with Gasteiger partial charge in [0.2, 0.25) is 0 Å². The Bertz CT molecular complexity index is 1090. The molecule has 0 N–H and O–H groups in total. The molecule has 65 heavy (non-hydrogen) atoms. The van der Waals surface area contributed by atoms with Crippen LogP contribution in [0.25, 0.3) is 0 Å². The highest BCUT2D eigenvalue weighted by atomic mass is 16.6. The molecule has 1 saturated heterocycles. The maximum Gasteiger partial charge on any atom is 0.306 e. The van der Waals surface area contributed by atoms with Gasteiger partial charge in [-0.05, 0) is 89.3 Å².